The average molecular weight is 297 g/mol. The number of rotatable bonds is 5. The van der Waals surface area contributed by atoms with Crippen molar-refractivity contribution in [2.45, 2.75) is 25.8 Å². The predicted octanol–water partition coefficient (Wildman–Crippen LogP) is 2.19. The van der Waals surface area contributed by atoms with Crippen LogP contribution >= 0.6 is 0 Å². The Morgan fingerprint density at radius 3 is 2.71 bits per heavy atom. The smallest absolute Gasteiger partial charge is 0.313 e. The fourth-order valence-electron chi connectivity index (χ4n) is 2.80. The van der Waals surface area contributed by atoms with Gasteiger partial charge in [0.25, 0.3) is 0 Å². The number of nitro benzene ring substituents is 1. The van der Waals surface area contributed by atoms with Crippen molar-refractivity contribution in [3.63, 3.8) is 0 Å². The highest BCUT2D eigenvalue weighted by molar-refractivity contribution is 5.52. The zero-order chi connectivity index (χ0) is 15.4. The molecular weight excluding hydrogens is 277 g/mol. The first kappa shape index (κ1) is 15.7. The second kappa shape index (κ2) is 6.82. The van der Waals surface area contributed by atoms with Gasteiger partial charge in [0.15, 0.2) is 5.75 Å². The summed E-state index contributed by atoms with van der Waals surface area (Å²) in [5.74, 6) is -1.11. The van der Waals surface area contributed by atoms with Crippen LogP contribution in [0.2, 0.25) is 0 Å². The SMILES string of the molecule is CCC[C@@H](c1cc(F)cc([N+](=O)[O-])c1O)N1CCNCC1. The van der Waals surface area contributed by atoms with Crippen molar-refractivity contribution in [1.82, 2.24) is 10.2 Å². The van der Waals surface area contributed by atoms with Gasteiger partial charge in [0.2, 0.25) is 0 Å². The molecule has 21 heavy (non-hydrogen) atoms. The standard InChI is InChI=1S/C14H20FN3O3/c1-2-3-12(17-6-4-16-5-7-17)11-8-10(15)9-13(14(11)19)18(20)21/h8-9,12,16,19H,2-7H2,1H3/t12-/m0/s1. The predicted molar refractivity (Wildman–Crippen MR) is 76.8 cm³/mol. The molecule has 2 rings (SSSR count). The summed E-state index contributed by atoms with van der Waals surface area (Å²) in [5.41, 5.74) is -0.258. The summed E-state index contributed by atoms with van der Waals surface area (Å²) in [7, 11) is 0. The Labute approximate surface area is 122 Å². The zero-order valence-corrected chi connectivity index (χ0v) is 12.0. The van der Waals surface area contributed by atoms with Crippen LogP contribution in [0.15, 0.2) is 12.1 Å². The van der Waals surface area contributed by atoms with E-state index >= 15 is 0 Å². The first-order valence-corrected chi connectivity index (χ1v) is 7.16. The van der Waals surface area contributed by atoms with E-state index in [1.165, 1.54) is 6.07 Å². The molecule has 0 spiro atoms. The molecule has 0 saturated carbocycles. The second-order valence-corrected chi connectivity index (χ2v) is 5.21. The van der Waals surface area contributed by atoms with Crippen molar-refractivity contribution in [3.05, 3.63) is 33.6 Å². The third-order valence-corrected chi connectivity index (χ3v) is 3.79. The monoisotopic (exact) mass is 297 g/mol. The summed E-state index contributed by atoms with van der Waals surface area (Å²) in [6.07, 6.45) is 1.56. The number of benzene rings is 1. The van der Waals surface area contributed by atoms with Gasteiger partial charge >= 0.3 is 5.69 Å². The molecule has 0 radical (unpaired) electrons. The number of aromatic hydroxyl groups is 1. The number of nitro groups is 1. The van der Waals surface area contributed by atoms with Gasteiger partial charge < -0.3 is 10.4 Å². The fourth-order valence-corrected chi connectivity index (χ4v) is 2.80. The number of nitrogens with zero attached hydrogens (tertiary/aromatic N) is 2. The number of phenols is 1. The lowest BCUT2D eigenvalue weighted by Crippen LogP contribution is -2.45. The van der Waals surface area contributed by atoms with Gasteiger partial charge in [0.05, 0.1) is 11.0 Å². The number of phenolic OH excluding ortho intramolecular Hbond substituents is 1. The molecule has 1 aliphatic heterocycles. The maximum absolute atomic E-state index is 13.7. The summed E-state index contributed by atoms with van der Waals surface area (Å²) in [5, 5.41) is 24.3. The molecule has 1 aromatic carbocycles. The number of halogens is 1. The summed E-state index contributed by atoms with van der Waals surface area (Å²) < 4.78 is 13.7. The van der Waals surface area contributed by atoms with Gasteiger partial charge in [0, 0.05) is 37.8 Å². The molecule has 0 bridgehead atoms. The molecule has 0 aromatic heterocycles. The van der Waals surface area contributed by atoms with Crippen LogP contribution in [-0.4, -0.2) is 41.1 Å². The maximum Gasteiger partial charge on any atom is 0.313 e. The zero-order valence-electron chi connectivity index (χ0n) is 12.0. The minimum atomic E-state index is -0.747. The minimum absolute atomic E-state index is 0.202. The number of nitrogens with one attached hydrogen (secondary N) is 1. The van der Waals surface area contributed by atoms with E-state index in [0.717, 1.165) is 38.7 Å². The van der Waals surface area contributed by atoms with Crippen LogP contribution in [0.25, 0.3) is 0 Å². The molecule has 0 amide bonds. The molecule has 2 N–H and O–H groups in total. The highest BCUT2D eigenvalue weighted by Crippen LogP contribution is 2.38. The second-order valence-electron chi connectivity index (χ2n) is 5.21. The molecule has 7 heteroatoms. The third kappa shape index (κ3) is 3.48. The van der Waals surface area contributed by atoms with Crippen LogP contribution < -0.4 is 5.32 Å². The third-order valence-electron chi connectivity index (χ3n) is 3.79. The molecule has 1 heterocycles. The summed E-state index contributed by atoms with van der Waals surface area (Å²) in [6, 6.07) is 1.77. The van der Waals surface area contributed by atoms with Crippen molar-refractivity contribution in [1.29, 1.82) is 0 Å². The molecular formula is C14H20FN3O3. The normalized spacial score (nSPS) is 17.6. The van der Waals surface area contributed by atoms with Crippen molar-refractivity contribution in [3.8, 4) is 5.75 Å². The first-order valence-electron chi connectivity index (χ1n) is 7.16. The van der Waals surface area contributed by atoms with Crippen molar-refractivity contribution < 1.29 is 14.4 Å². The van der Waals surface area contributed by atoms with Crippen molar-refractivity contribution >= 4 is 5.69 Å². The molecule has 1 atom stereocenters. The number of hydrogen-bond donors (Lipinski definition) is 2. The van der Waals surface area contributed by atoms with Gasteiger partial charge in [0.1, 0.15) is 5.82 Å². The number of hydrogen-bond acceptors (Lipinski definition) is 5. The van der Waals surface area contributed by atoms with Gasteiger partial charge in [-0.15, -0.1) is 0 Å². The lowest BCUT2D eigenvalue weighted by atomic mass is 9.98. The maximum atomic E-state index is 13.7. The van der Waals surface area contributed by atoms with Crippen LogP contribution in [0, 0.1) is 15.9 Å². The molecule has 116 valence electrons. The Morgan fingerprint density at radius 1 is 1.48 bits per heavy atom. The van der Waals surface area contributed by atoms with E-state index in [-0.39, 0.29) is 6.04 Å². The van der Waals surface area contributed by atoms with E-state index in [0.29, 0.717) is 12.0 Å². The lowest BCUT2D eigenvalue weighted by molar-refractivity contribution is -0.386. The lowest BCUT2D eigenvalue weighted by Gasteiger charge is -2.35. The molecule has 1 aromatic rings. The molecule has 1 aliphatic rings. The first-order chi connectivity index (χ1) is 10.0. The fraction of sp³-hybridized carbons (Fsp3) is 0.571. The summed E-state index contributed by atoms with van der Waals surface area (Å²) >= 11 is 0. The van der Waals surface area contributed by atoms with Gasteiger partial charge in [-0.1, -0.05) is 13.3 Å². The van der Waals surface area contributed by atoms with Crippen LogP contribution in [0.1, 0.15) is 31.4 Å². The largest absolute Gasteiger partial charge is 0.502 e. The van der Waals surface area contributed by atoms with Crippen molar-refractivity contribution in [2.75, 3.05) is 26.2 Å². The van der Waals surface area contributed by atoms with E-state index in [2.05, 4.69) is 10.2 Å². The Balaban J connectivity index is 2.41. The van der Waals surface area contributed by atoms with Crippen molar-refractivity contribution in [2.24, 2.45) is 0 Å². The summed E-state index contributed by atoms with van der Waals surface area (Å²) in [4.78, 5) is 12.3. The highest BCUT2D eigenvalue weighted by atomic mass is 19.1. The van der Waals surface area contributed by atoms with Crippen LogP contribution in [0.4, 0.5) is 10.1 Å². The van der Waals surface area contributed by atoms with E-state index in [4.69, 9.17) is 0 Å². The molecule has 1 saturated heterocycles. The van der Waals surface area contributed by atoms with Gasteiger partial charge in [-0.05, 0) is 12.5 Å². The quantitative estimate of drug-likeness (QED) is 0.643. The molecule has 6 nitrogen and oxygen atoms in total. The van der Waals surface area contributed by atoms with E-state index < -0.39 is 22.2 Å². The van der Waals surface area contributed by atoms with Gasteiger partial charge in [-0.3, -0.25) is 15.0 Å². The van der Waals surface area contributed by atoms with E-state index in [9.17, 15) is 19.6 Å². The van der Waals surface area contributed by atoms with Crippen LogP contribution in [-0.2, 0) is 0 Å². The van der Waals surface area contributed by atoms with Gasteiger partial charge in [-0.2, -0.15) is 0 Å². The molecule has 1 fully saturated rings. The Kier molecular flexibility index (Phi) is 5.08. The van der Waals surface area contributed by atoms with Crippen LogP contribution in [0.5, 0.6) is 5.75 Å². The van der Waals surface area contributed by atoms with E-state index in [1.54, 1.807) is 0 Å². The Morgan fingerprint density at radius 2 is 2.14 bits per heavy atom. The number of piperazine rings is 1. The van der Waals surface area contributed by atoms with Crippen LogP contribution in [0.3, 0.4) is 0 Å². The minimum Gasteiger partial charge on any atom is -0.502 e. The van der Waals surface area contributed by atoms with E-state index in [1.807, 2.05) is 6.92 Å². The molecule has 0 aliphatic carbocycles. The Hall–Kier alpha value is -1.73. The highest BCUT2D eigenvalue weighted by Gasteiger charge is 2.28. The average Bonchev–Trinajstić information content (AvgIpc) is 2.47. The molecule has 0 unspecified atom stereocenters. The Bertz CT molecular complexity index is 518. The van der Waals surface area contributed by atoms with Gasteiger partial charge in [-0.25, -0.2) is 4.39 Å². The topological polar surface area (TPSA) is 78.6 Å². The summed E-state index contributed by atoms with van der Waals surface area (Å²) in [6.45, 7) is 5.18.